The number of rotatable bonds is 2. The summed E-state index contributed by atoms with van der Waals surface area (Å²) in [4.78, 5) is 14.3. The molecule has 2 N–H and O–H groups in total. The summed E-state index contributed by atoms with van der Waals surface area (Å²) in [5.41, 5.74) is 6.69. The normalized spacial score (nSPS) is 10.7. The minimum Gasteiger partial charge on any atom is -0.393 e. The highest BCUT2D eigenvalue weighted by Crippen LogP contribution is 2.27. The van der Waals surface area contributed by atoms with E-state index in [1.165, 1.54) is 12.1 Å². The zero-order chi connectivity index (χ0) is 13.4. The van der Waals surface area contributed by atoms with Crippen LogP contribution in [0.2, 0.25) is 0 Å². The number of aromatic nitrogens is 4. The Morgan fingerprint density at radius 1 is 1.26 bits per heavy atom. The molecule has 0 aliphatic rings. The van der Waals surface area contributed by atoms with Crippen molar-refractivity contribution in [3.8, 4) is 11.4 Å². The fourth-order valence-corrected chi connectivity index (χ4v) is 1.78. The minimum atomic E-state index is -0.527. The summed E-state index contributed by atoms with van der Waals surface area (Å²) in [6, 6.07) is 6.21. The number of nitro groups is 1. The largest absolute Gasteiger partial charge is 0.393 e. The first-order valence-corrected chi connectivity index (χ1v) is 5.36. The van der Waals surface area contributed by atoms with Gasteiger partial charge >= 0.3 is 0 Å². The molecule has 3 aromatic rings. The van der Waals surface area contributed by atoms with Crippen molar-refractivity contribution in [2.75, 3.05) is 5.73 Å². The van der Waals surface area contributed by atoms with Crippen LogP contribution in [-0.4, -0.2) is 24.5 Å². The average molecular weight is 256 g/mol. The first kappa shape index (κ1) is 11.1. The number of fused-ring (bicyclic) bond motifs is 1. The Kier molecular flexibility index (Phi) is 2.34. The number of nitro benzene ring substituents is 1. The van der Waals surface area contributed by atoms with Gasteiger partial charge in [0, 0.05) is 23.9 Å². The number of benzene rings is 1. The summed E-state index contributed by atoms with van der Waals surface area (Å²) in [5.74, 6) is 0.478. The van der Waals surface area contributed by atoms with Crippen LogP contribution in [0.15, 0.2) is 36.8 Å². The molecule has 0 saturated heterocycles. The lowest BCUT2D eigenvalue weighted by atomic mass is 10.1. The van der Waals surface area contributed by atoms with Gasteiger partial charge in [0.05, 0.1) is 4.92 Å². The second kappa shape index (κ2) is 4.02. The van der Waals surface area contributed by atoms with Gasteiger partial charge in [0.15, 0.2) is 11.5 Å². The van der Waals surface area contributed by atoms with Crippen molar-refractivity contribution >= 4 is 17.0 Å². The Morgan fingerprint density at radius 3 is 2.89 bits per heavy atom. The van der Waals surface area contributed by atoms with Crippen LogP contribution < -0.4 is 5.73 Å². The number of anilines is 1. The third-order valence-electron chi connectivity index (χ3n) is 2.70. The van der Waals surface area contributed by atoms with E-state index in [0.717, 1.165) is 0 Å². The highest BCUT2D eigenvalue weighted by Gasteiger charge is 2.15. The van der Waals surface area contributed by atoms with Gasteiger partial charge in [-0.2, -0.15) is 0 Å². The third kappa shape index (κ3) is 1.75. The van der Waals surface area contributed by atoms with E-state index in [-0.39, 0.29) is 11.4 Å². The van der Waals surface area contributed by atoms with Gasteiger partial charge in [-0.15, -0.1) is 10.2 Å². The lowest BCUT2D eigenvalue weighted by molar-refractivity contribution is -0.383. The molecule has 2 heterocycles. The lowest BCUT2D eigenvalue weighted by Crippen LogP contribution is -1.97. The van der Waals surface area contributed by atoms with Crippen LogP contribution in [0.3, 0.4) is 0 Å². The summed E-state index contributed by atoms with van der Waals surface area (Å²) in [5, 5.41) is 18.8. The van der Waals surface area contributed by atoms with Gasteiger partial charge in [-0.05, 0) is 12.1 Å². The molecule has 0 saturated carbocycles. The van der Waals surface area contributed by atoms with Crippen LogP contribution in [-0.2, 0) is 0 Å². The monoisotopic (exact) mass is 256 g/mol. The Morgan fingerprint density at radius 2 is 2.11 bits per heavy atom. The molecule has 0 bridgehead atoms. The summed E-state index contributed by atoms with van der Waals surface area (Å²) in [7, 11) is 0. The Hall–Kier alpha value is -3.03. The van der Waals surface area contributed by atoms with Crippen molar-refractivity contribution in [1.29, 1.82) is 0 Å². The SMILES string of the molecule is Nc1ccc(-c2nnc3ccncn23)cc1[N+](=O)[O-]. The van der Waals surface area contributed by atoms with Crippen LogP contribution in [0.4, 0.5) is 11.4 Å². The van der Waals surface area contributed by atoms with Crippen LogP contribution in [0.1, 0.15) is 0 Å². The molecular formula is C11H8N6O2. The predicted molar refractivity (Wildman–Crippen MR) is 67.3 cm³/mol. The zero-order valence-corrected chi connectivity index (χ0v) is 9.59. The van der Waals surface area contributed by atoms with Crippen LogP contribution in [0, 0.1) is 10.1 Å². The van der Waals surface area contributed by atoms with E-state index in [0.29, 0.717) is 17.0 Å². The molecule has 8 nitrogen and oxygen atoms in total. The molecule has 1 aromatic carbocycles. The van der Waals surface area contributed by atoms with Gasteiger partial charge in [-0.25, -0.2) is 4.98 Å². The second-order valence-electron chi connectivity index (χ2n) is 3.86. The molecule has 0 fully saturated rings. The highest BCUT2D eigenvalue weighted by molar-refractivity contribution is 5.69. The van der Waals surface area contributed by atoms with Gasteiger partial charge in [-0.3, -0.25) is 14.5 Å². The van der Waals surface area contributed by atoms with Crippen molar-refractivity contribution in [1.82, 2.24) is 19.6 Å². The quantitative estimate of drug-likeness (QED) is 0.420. The molecule has 0 spiro atoms. The Bertz CT molecular complexity index is 782. The molecule has 0 atom stereocenters. The fourth-order valence-electron chi connectivity index (χ4n) is 1.78. The molecule has 0 aliphatic heterocycles. The van der Waals surface area contributed by atoms with E-state index in [9.17, 15) is 10.1 Å². The minimum absolute atomic E-state index is 0.112. The van der Waals surface area contributed by atoms with E-state index in [4.69, 9.17) is 5.73 Å². The van der Waals surface area contributed by atoms with Gasteiger partial charge in [0.25, 0.3) is 5.69 Å². The Balaban J connectivity index is 2.22. The predicted octanol–water partition coefficient (Wildman–Crippen LogP) is 1.28. The van der Waals surface area contributed by atoms with E-state index in [1.54, 1.807) is 29.1 Å². The summed E-state index contributed by atoms with van der Waals surface area (Å²) in [6.45, 7) is 0. The third-order valence-corrected chi connectivity index (χ3v) is 2.70. The first-order chi connectivity index (χ1) is 9.16. The molecule has 8 heteroatoms. The van der Waals surface area contributed by atoms with Crippen molar-refractivity contribution in [3.63, 3.8) is 0 Å². The maximum atomic E-state index is 10.9. The fraction of sp³-hybridized carbons (Fsp3) is 0. The van der Waals surface area contributed by atoms with E-state index in [2.05, 4.69) is 15.2 Å². The molecule has 2 aromatic heterocycles. The standard InChI is InChI=1S/C11H8N6O2/c12-8-2-1-7(5-9(8)17(18)19)11-15-14-10-3-4-13-6-16(10)11/h1-6H,12H2. The summed E-state index contributed by atoms with van der Waals surface area (Å²) >= 11 is 0. The molecule has 94 valence electrons. The molecule has 0 aliphatic carbocycles. The van der Waals surface area contributed by atoms with Crippen molar-refractivity contribution in [3.05, 3.63) is 46.9 Å². The summed E-state index contributed by atoms with van der Waals surface area (Å²) in [6.07, 6.45) is 3.14. The molecule has 3 rings (SSSR count). The summed E-state index contributed by atoms with van der Waals surface area (Å²) < 4.78 is 1.65. The van der Waals surface area contributed by atoms with E-state index in [1.807, 2.05) is 0 Å². The van der Waals surface area contributed by atoms with Crippen molar-refractivity contribution in [2.24, 2.45) is 0 Å². The maximum Gasteiger partial charge on any atom is 0.292 e. The molecule has 0 radical (unpaired) electrons. The van der Waals surface area contributed by atoms with Crippen molar-refractivity contribution in [2.45, 2.75) is 0 Å². The topological polar surface area (TPSA) is 112 Å². The van der Waals surface area contributed by atoms with Gasteiger partial charge < -0.3 is 5.73 Å². The smallest absolute Gasteiger partial charge is 0.292 e. The molecular weight excluding hydrogens is 248 g/mol. The van der Waals surface area contributed by atoms with Gasteiger partial charge in [0.2, 0.25) is 0 Å². The molecule has 19 heavy (non-hydrogen) atoms. The highest BCUT2D eigenvalue weighted by atomic mass is 16.6. The Labute approximate surface area is 106 Å². The van der Waals surface area contributed by atoms with E-state index < -0.39 is 4.92 Å². The van der Waals surface area contributed by atoms with Crippen LogP contribution in [0.25, 0.3) is 17.0 Å². The number of hydrogen-bond acceptors (Lipinski definition) is 6. The van der Waals surface area contributed by atoms with E-state index >= 15 is 0 Å². The zero-order valence-electron chi connectivity index (χ0n) is 9.59. The lowest BCUT2D eigenvalue weighted by Gasteiger charge is -2.01. The number of nitrogens with zero attached hydrogens (tertiary/aromatic N) is 5. The van der Waals surface area contributed by atoms with Crippen LogP contribution >= 0.6 is 0 Å². The van der Waals surface area contributed by atoms with Crippen molar-refractivity contribution < 1.29 is 4.92 Å². The maximum absolute atomic E-state index is 10.9. The number of hydrogen-bond donors (Lipinski definition) is 1. The molecule has 0 unspecified atom stereocenters. The first-order valence-electron chi connectivity index (χ1n) is 5.36. The van der Waals surface area contributed by atoms with Gasteiger partial charge in [0.1, 0.15) is 12.0 Å². The average Bonchev–Trinajstić information content (AvgIpc) is 2.83. The van der Waals surface area contributed by atoms with Gasteiger partial charge in [-0.1, -0.05) is 0 Å². The molecule has 0 amide bonds. The number of nitrogen functional groups attached to an aromatic ring is 1. The second-order valence-corrected chi connectivity index (χ2v) is 3.86. The number of nitrogens with two attached hydrogens (primary N) is 1. The van der Waals surface area contributed by atoms with Crippen LogP contribution in [0.5, 0.6) is 0 Å².